The van der Waals surface area contributed by atoms with Gasteiger partial charge in [-0.25, -0.2) is 0 Å². The number of hydrogen-bond acceptors (Lipinski definition) is 1. The van der Waals surface area contributed by atoms with Crippen molar-refractivity contribution in [2.45, 2.75) is 38.5 Å². The summed E-state index contributed by atoms with van der Waals surface area (Å²) in [6.07, 6.45) is 13.0. The second-order valence-electron chi connectivity index (χ2n) is 6.78. The number of rotatable bonds is 4. The van der Waals surface area contributed by atoms with Crippen LogP contribution < -0.4 is 0 Å². The van der Waals surface area contributed by atoms with Crippen molar-refractivity contribution in [3.8, 4) is 0 Å². The minimum absolute atomic E-state index is 0.0458. The van der Waals surface area contributed by atoms with Crippen LogP contribution in [0.25, 0.3) is 0 Å². The first-order valence-electron chi connectivity index (χ1n) is 8.96. The molecule has 0 N–H and O–H groups in total. The fourth-order valence-electron chi connectivity index (χ4n) is 3.84. The van der Waals surface area contributed by atoms with E-state index in [0.29, 0.717) is 5.91 Å². The fraction of sp³-hybridized carbons (Fsp3) is 0.476. The molecule has 1 aliphatic heterocycles. The van der Waals surface area contributed by atoms with Gasteiger partial charge in [-0.15, -0.1) is 0 Å². The zero-order valence-electron chi connectivity index (χ0n) is 14.0. The molecule has 2 unspecified atom stereocenters. The third-order valence-electron chi connectivity index (χ3n) is 5.37. The SMILES string of the molecule is CCC1CCN(C(=O)C(c2ccccc2)C2C=CC=CC2)CC1. The smallest absolute Gasteiger partial charge is 0.230 e. The number of carbonyl (C=O) groups is 1. The van der Waals surface area contributed by atoms with Crippen LogP contribution in [0.15, 0.2) is 54.6 Å². The molecule has 0 aromatic heterocycles. The quantitative estimate of drug-likeness (QED) is 0.799. The Morgan fingerprint density at radius 3 is 2.52 bits per heavy atom. The lowest BCUT2D eigenvalue weighted by molar-refractivity contribution is -0.135. The second-order valence-corrected chi connectivity index (χ2v) is 6.78. The third-order valence-corrected chi connectivity index (χ3v) is 5.37. The highest BCUT2D eigenvalue weighted by Crippen LogP contribution is 2.33. The molecule has 1 aromatic carbocycles. The van der Waals surface area contributed by atoms with Crippen molar-refractivity contribution in [2.24, 2.45) is 11.8 Å². The minimum Gasteiger partial charge on any atom is -0.342 e. The molecular formula is C21H27NO. The highest BCUT2D eigenvalue weighted by Gasteiger charge is 2.33. The summed E-state index contributed by atoms with van der Waals surface area (Å²) in [5, 5.41) is 0. The van der Waals surface area contributed by atoms with Gasteiger partial charge in [0.25, 0.3) is 0 Å². The van der Waals surface area contributed by atoms with Gasteiger partial charge in [0.1, 0.15) is 0 Å². The first-order chi connectivity index (χ1) is 11.3. The molecule has 3 rings (SSSR count). The highest BCUT2D eigenvalue weighted by molar-refractivity contribution is 5.84. The van der Waals surface area contributed by atoms with Crippen LogP contribution >= 0.6 is 0 Å². The molecule has 1 saturated heterocycles. The predicted molar refractivity (Wildman–Crippen MR) is 95.2 cm³/mol. The Labute approximate surface area is 139 Å². The number of hydrogen-bond donors (Lipinski definition) is 0. The molecule has 1 aromatic rings. The number of allylic oxidation sites excluding steroid dienone is 4. The summed E-state index contributed by atoms with van der Waals surface area (Å²) >= 11 is 0. The monoisotopic (exact) mass is 309 g/mol. The van der Waals surface area contributed by atoms with Gasteiger partial charge in [-0.1, -0.05) is 68.0 Å². The molecule has 2 aliphatic rings. The predicted octanol–water partition coefficient (Wildman–Crippen LogP) is 4.55. The third kappa shape index (κ3) is 3.74. The summed E-state index contributed by atoms with van der Waals surface area (Å²) in [6.45, 7) is 4.11. The molecule has 2 nitrogen and oxygen atoms in total. The molecule has 0 bridgehead atoms. The zero-order valence-corrected chi connectivity index (χ0v) is 14.0. The molecule has 1 fully saturated rings. The van der Waals surface area contributed by atoms with Crippen LogP contribution in [0.1, 0.15) is 44.1 Å². The van der Waals surface area contributed by atoms with Crippen LogP contribution in [0.2, 0.25) is 0 Å². The van der Waals surface area contributed by atoms with Crippen LogP contribution in [0.3, 0.4) is 0 Å². The molecule has 0 spiro atoms. The van der Waals surface area contributed by atoms with Gasteiger partial charge in [0.05, 0.1) is 5.92 Å². The van der Waals surface area contributed by atoms with E-state index in [1.165, 1.54) is 6.42 Å². The van der Waals surface area contributed by atoms with Crippen LogP contribution in [0.4, 0.5) is 0 Å². The van der Waals surface area contributed by atoms with Gasteiger partial charge in [0, 0.05) is 13.1 Å². The molecule has 1 heterocycles. The molecule has 2 atom stereocenters. The summed E-state index contributed by atoms with van der Waals surface area (Å²) in [6, 6.07) is 10.3. The van der Waals surface area contributed by atoms with E-state index >= 15 is 0 Å². The molecule has 1 aliphatic carbocycles. The summed E-state index contributed by atoms with van der Waals surface area (Å²) in [5.41, 5.74) is 1.15. The van der Waals surface area contributed by atoms with Gasteiger partial charge in [-0.2, -0.15) is 0 Å². The number of benzene rings is 1. The maximum absolute atomic E-state index is 13.3. The van der Waals surface area contributed by atoms with Crippen molar-refractivity contribution in [2.75, 3.05) is 13.1 Å². The minimum atomic E-state index is -0.0458. The van der Waals surface area contributed by atoms with E-state index in [-0.39, 0.29) is 11.8 Å². The normalized spacial score (nSPS) is 23.0. The molecule has 1 amide bonds. The lowest BCUT2D eigenvalue weighted by Crippen LogP contribution is -2.42. The Morgan fingerprint density at radius 2 is 1.91 bits per heavy atom. The number of nitrogens with zero attached hydrogens (tertiary/aromatic N) is 1. The summed E-state index contributed by atoms with van der Waals surface area (Å²) in [7, 11) is 0. The van der Waals surface area contributed by atoms with Crippen molar-refractivity contribution >= 4 is 5.91 Å². The molecule has 23 heavy (non-hydrogen) atoms. The van der Waals surface area contributed by atoms with E-state index < -0.39 is 0 Å². The Kier molecular flexibility index (Phi) is 5.32. The van der Waals surface area contributed by atoms with E-state index in [0.717, 1.165) is 43.8 Å². The average molecular weight is 309 g/mol. The van der Waals surface area contributed by atoms with Crippen LogP contribution in [0.5, 0.6) is 0 Å². The van der Waals surface area contributed by atoms with Crippen molar-refractivity contribution < 1.29 is 4.79 Å². The summed E-state index contributed by atoms with van der Waals surface area (Å²) in [4.78, 5) is 15.4. The van der Waals surface area contributed by atoms with Gasteiger partial charge >= 0.3 is 0 Å². The maximum atomic E-state index is 13.3. The number of amides is 1. The molecule has 122 valence electrons. The first kappa shape index (κ1) is 16.0. The summed E-state index contributed by atoms with van der Waals surface area (Å²) < 4.78 is 0. The van der Waals surface area contributed by atoms with Crippen LogP contribution in [-0.2, 0) is 4.79 Å². The Balaban J connectivity index is 1.79. The molecule has 0 radical (unpaired) electrons. The Bertz CT molecular complexity index is 567. The van der Waals surface area contributed by atoms with E-state index in [4.69, 9.17) is 0 Å². The van der Waals surface area contributed by atoms with Crippen LogP contribution in [0, 0.1) is 11.8 Å². The molecular weight excluding hydrogens is 282 g/mol. The zero-order chi connectivity index (χ0) is 16.1. The van der Waals surface area contributed by atoms with Crippen molar-refractivity contribution in [3.05, 3.63) is 60.2 Å². The van der Waals surface area contributed by atoms with Crippen molar-refractivity contribution in [1.82, 2.24) is 4.90 Å². The first-order valence-corrected chi connectivity index (χ1v) is 8.96. The van der Waals surface area contributed by atoms with E-state index in [2.05, 4.69) is 48.3 Å². The van der Waals surface area contributed by atoms with Crippen LogP contribution in [-0.4, -0.2) is 23.9 Å². The van der Waals surface area contributed by atoms with Gasteiger partial charge in [0.15, 0.2) is 0 Å². The molecule has 2 heteroatoms. The lowest BCUT2D eigenvalue weighted by Gasteiger charge is -2.36. The standard InChI is InChI=1S/C21H27NO/c1-2-17-13-15-22(16-14-17)21(23)20(18-9-5-3-6-10-18)19-11-7-4-8-12-19/h3-11,17,19-20H,2,12-16H2,1H3. The fourth-order valence-corrected chi connectivity index (χ4v) is 3.84. The maximum Gasteiger partial charge on any atom is 0.230 e. The van der Waals surface area contributed by atoms with E-state index in [1.807, 2.05) is 18.2 Å². The number of likely N-dealkylation sites (tertiary alicyclic amines) is 1. The van der Waals surface area contributed by atoms with Crippen molar-refractivity contribution in [1.29, 1.82) is 0 Å². The average Bonchev–Trinajstić information content (AvgIpc) is 2.64. The Hall–Kier alpha value is -1.83. The second kappa shape index (κ2) is 7.63. The molecule has 0 saturated carbocycles. The topological polar surface area (TPSA) is 20.3 Å². The Morgan fingerprint density at radius 1 is 1.17 bits per heavy atom. The van der Waals surface area contributed by atoms with E-state index in [9.17, 15) is 4.79 Å². The number of piperidine rings is 1. The van der Waals surface area contributed by atoms with E-state index in [1.54, 1.807) is 0 Å². The van der Waals surface area contributed by atoms with Gasteiger partial charge in [-0.05, 0) is 36.7 Å². The largest absolute Gasteiger partial charge is 0.342 e. The van der Waals surface area contributed by atoms with Gasteiger partial charge in [0.2, 0.25) is 5.91 Å². The highest BCUT2D eigenvalue weighted by atomic mass is 16.2. The van der Waals surface area contributed by atoms with Gasteiger partial charge < -0.3 is 4.90 Å². The lowest BCUT2D eigenvalue weighted by atomic mass is 9.80. The number of carbonyl (C=O) groups excluding carboxylic acids is 1. The summed E-state index contributed by atoms with van der Waals surface area (Å²) in [5.74, 6) is 1.34. The van der Waals surface area contributed by atoms with Crippen molar-refractivity contribution in [3.63, 3.8) is 0 Å². The van der Waals surface area contributed by atoms with Gasteiger partial charge in [-0.3, -0.25) is 4.79 Å².